The summed E-state index contributed by atoms with van der Waals surface area (Å²) in [5.41, 5.74) is 8.27. The molecule has 0 amide bonds. The molecule has 9 rings (SSSR count). The van der Waals surface area contributed by atoms with E-state index in [0.717, 1.165) is 64.8 Å². The Bertz CT molecular complexity index is 2480. The van der Waals surface area contributed by atoms with Crippen LogP contribution in [0.4, 0.5) is 0 Å². The zero-order valence-electron chi connectivity index (χ0n) is 24.6. The first kappa shape index (κ1) is 26.4. The first-order valence-corrected chi connectivity index (χ1v) is 16.0. The third kappa shape index (κ3) is 4.55. The maximum absolute atomic E-state index is 5.15. The fraction of sp³-hybridized carbons (Fsp3) is 0. The number of nitrogens with zero attached hydrogens (tertiary/aromatic N) is 5. The van der Waals surface area contributed by atoms with Gasteiger partial charge < -0.3 is 0 Å². The summed E-state index contributed by atoms with van der Waals surface area (Å²) < 4.78 is 3.24. The van der Waals surface area contributed by atoms with E-state index >= 15 is 0 Å². The van der Waals surface area contributed by atoms with Gasteiger partial charge in [0.05, 0.1) is 21.3 Å². The van der Waals surface area contributed by atoms with E-state index in [1.165, 1.54) is 0 Å². The molecule has 3 heterocycles. The van der Waals surface area contributed by atoms with Gasteiger partial charge in [0, 0.05) is 27.5 Å². The van der Waals surface area contributed by atoms with Crippen LogP contribution in [-0.2, 0) is 0 Å². The molecule has 0 atom stereocenters. The number of benzene rings is 6. The van der Waals surface area contributed by atoms with E-state index in [-0.39, 0.29) is 0 Å². The van der Waals surface area contributed by atoms with Gasteiger partial charge in [0.2, 0.25) is 5.95 Å². The van der Waals surface area contributed by atoms with E-state index in [1.807, 2.05) is 24.3 Å². The highest BCUT2D eigenvalue weighted by Crippen LogP contribution is 2.35. The number of rotatable bonds is 5. The van der Waals surface area contributed by atoms with Gasteiger partial charge in [0.1, 0.15) is 5.01 Å². The van der Waals surface area contributed by atoms with Crippen molar-refractivity contribution in [3.05, 3.63) is 152 Å². The fourth-order valence-corrected chi connectivity index (χ4v) is 7.11. The summed E-state index contributed by atoms with van der Waals surface area (Å²) in [5.74, 6) is 1.81. The lowest BCUT2D eigenvalue weighted by Crippen LogP contribution is -2.06. The molecule has 0 radical (unpaired) electrons. The zero-order valence-corrected chi connectivity index (χ0v) is 25.4. The minimum Gasteiger partial charge on any atom is -0.278 e. The summed E-state index contributed by atoms with van der Waals surface area (Å²) in [5, 5.41) is 3.31. The number of fused-ring (bicyclic) bond motifs is 4. The van der Waals surface area contributed by atoms with Crippen molar-refractivity contribution in [2.45, 2.75) is 0 Å². The Kier molecular flexibility index (Phi) is 6.25. The molecule has 216 valence electrons. The van der Waals surface area contributed by atoms with Gasteiger partial charge in [0.25, 0.3) is 0 Å². The van der Waals surface area contributed by atoms with Crippen LogP contribution in [0.15, 0.2) is 152 Å². The summed E-state index contributed by atoms with van der Waals surface area (Å²) in [6, 6.07) is 52.2. The third-order valence-corrected chi connectivity index (χ3v) is 9.37. The van der Waals surface area contributed by atoms with E-state index in [0.29, 0.717) is 17.6 Å². The van der Waals surface area contributed by atoms with Gasteiger partial charge in [-0.25, -0.2) is 9.97 Å². The van der Waals surface area contributed by atoms with Gasteiger partial charge in [0.15, 0.2) is 11.6 Å². The molecule has 0 N–H and O–H groups in total. The minimum absolute atomic E-state index is 0.580. The van der Waals surface area contributed by atoms with E-state index in [9.17, 15) is 0 Å². The van der Waals surface area contributed by atoms with Crippen molar-refractivity contribution in [1.29, 1.82) is 0 Å². The van der Waals surface area contributed by atoms with Gasteiger partial charge in [-0.2, -0.15) is 9.97 Å². The lowest BCUT2D eigenvalue weighted by atomic mass is 10.0. The average molecular weight is 608 g/mol. The second kappa shape index (κ2) is 10.9. The monoisotopic (exact) mass is 607 g/mol. The molecule has 0 fully saturated rings. The van der Waals surface area contributed by atoms with Crippen LogP contribution < -0.4 is 0 Å². The molecule has 0 spiro atoms. The lowest BCUT2D eigenvalue weighted by molar-refractivity contribution is 0.954. The normalized spacial score (nSPS) is 11.5. The van der Waals surface area contributed by atoms with Crippen LogP contribution in [0, 0.1) is 0 Å². The number of hydrogen-bond donors (Lipinski definition) is 0. The molecular formula is C40H25N5S. The molecule has 0 bridgehead atoms. The van der Waals surface area contributed by atoms with E-state index in [4.69, 9.17) is 19.9 Å². The Morgan fingerprint density at radius 3 is 1.67 bits per heavy atom. The molecular weight excluding hydrogens is 583 g/mol. The van der Waals surface area contributed by atoms with Crippen molar-refractivity contribution < 1.29 is 0 Å². The van der Waals surface area contributed by atoms with Gasteiger partial charge in [-0.3, -0.25) is 4.57 Å². The summed E-state index contributed by atoms with van der Waals surface area (Å²) in [6.45, 7) is 0. The van der Waals surface area contributed by atoms with Crippen LogP contribution in [0.2, 0.25) is 0 Å². The first-order valence-electron chi connectivity index (χ1n) is 15.2. The molecule has 0 aliphatic rings. The van der Waals surface area contributed by atoms with Gasteiger partial charge in [-0.15, -0.1) is 11.3 Å². The molecule has 0 saturated carbocycles. The number of hydrogen-bond acceptors (Lipinski definition) is 5. The molecule has 3 aromatic heterocycles. The van der Waals surface area contributed by atoms with Gasteiger partial charge in [-0.1, -0.05) is 115 Å². The Labute approximate surface area is 269 Å². The topological polar surface area (TPSA) is 56.5 Å². The SMILES string of the molecule is c1ccc(-c2cccc(-c3nc(-c4ccc5nc(-c6ccccc6)sc5c4)nc(-n4c5ccccc5c5ccccc54)n3)c2)cc1. The Hall–Kier alpha value is -5.98. The molecule has 0 aliphatic heterocycles. The second-order valence-electron chi connectivity index (χ2n) is 11.2. The summed E-state index contributed by atoms with van der Waals surface area (Å²) in [4.78, 5) is 20.3. The Morgan fingerprint density at radius 2 is 0.978 bits per heavy atom. The standard InChI is InChI=1S/C40H25N5S/c1-3-12-26(13-4-1)28-16-11-17-29(24-28)37-42-38(30-22-23-33-36(25-30)46-39(41-33)27-14-5-2-6-15-27)44-40(43-37)45-34-20-9-7-18-31(34)32-19-8-10-21-35(32)45/h1-25H. The number of aromatic nitrogens is 5. The van der Waals surface area contributed by atoms with E-state index in [2.05, 4.69) is 132 Å². The molecule has 6 aromatic carbocycles. The van der Waals surface area contributed by atoms with Crippen LogP contribution >= 0.6 is 11.3 Å². The number of thiazole rings is 1. The second-order valence-corrected chi connectivity index (χ2v) is 12.2. The van der Waals surface area contributed by atoms with E-state index in [1.54, 1.807) is 11.3 Å². The molecule has 0 unspecified atom stereocenters. The highest BCUT2D eigenvalue weighted by molar-refractivity contribution is 7.21. The quantitative estimate of drug-likeness (QED) is 0.195. The van der Waals surface area contributed by atoms with E-state index < -0.39 is 0 Å². The van der Waals surface area contributed by atoms with Gasteiger partial charge >= 0.3 is 0 Å². The maximum atomic E-state index is 5.15. The predicted octanol–water partition coefficient (Wildman–Crippen LogP) is 10.2. The van der Waals surface area contributed by atoms with Crippen molar-refractivity contribution >= 4 is 43.4 Å². The molecule has 46 heavy (non-hydrogen) atoms. The van der Waals surface area contributed by atoms with Gasteiger partial charge in [-0.05, 0) is 47.5 Å². The number of para-hydroxylation sites is 2. The highest BCUT2D eigenvalue weighted by atomic mass is 32.1. The van der Waals surface area contributed by atoms with Crippen molar-refractivity contribution in [1.82, 2.24) is 24.5 Å². The van der Waals surface area contributed by atoms with Crippen molar-refractivity contribution in [3.63, 3.8) is 0 Å². The van der Waals surface area contributed by atoms with Crippen LogP contribution in [-0.4, -0.2) is 24.5 Å². The van der Waals surface area contributed by atoms with Crippen LogP contribution in [0.1, 0.15) is 0 Å². The van der Waals surface area contributed by atoms with Crippen molar-refractivity contribution in [2.75, 3.05) is 0 Å². The van der Waals surface area contributed by atoms with Crippen molar-refractivity contribution in [3.8, 4) is 50.4 Å². The average Bonchev–Trinajstić information content (AvgIpc) is 3.71. The van der Waals surface area contributed by atoms with Crippen molar-refractivity contribution in [2.24, 2.45) is 0 Å². The summed E-state index contributed by atoms with van der Waals surface area (Å²) >= 11 is 1.68. The summed E-state index contributed by atoms with van der Waals surface area (Å²) in [6.07, 6.45) is 0. The maximum Gasteiger partial charge on any atom is 0.238 e. The molecule has 0 saturated heterocycles. The molecule has 9 aromatic rings. The predicted molar refractivity (Wildman–Crippen MR) is 189 cm³/mol. The molecule has 0 aliphatic carbocycles. The first-order chi connectivity index (χ1) is 22.8. The van der Waals surface area contributed by atoms with Crippen LogP contribution in [0.25, 0.3) is 82.4 Å². The van der Waals surface area contributed by atoms with Crippen LogP contribution in [0.3, 0.4) is 0 Å². The third-order valence-electron chi connectivity index (χ3n) is 8.30. The summed E-state index contributed by atoms with van der Waals surface area (Å²) in [7, 11) is 0. The Morgan fingerprint density at radius 1 is 0.413 bits per heavy atom. The fourth-order valence-electron chi connectivity index (χ4n) is 6.10. The van der Waals surface area contributed by atoms with Crippen LogP contribution in [0.5, 0.6) is 0 Å². The zero-order chi connectivity index (χ0) is 30.5. The Balaban J connectivity index is 1.26. The smallest absolute Gasteiger partial charge is 0.238 e. The minimum atomic E-state index is 0.580. The lowest BCUT2D eigenvalue weighted by Gasteiger charge is -2.11. The molecule has 5 nitrogen and oxygen atoms in total. The largest absolute Gasteiger partial charge is 0.278 e. The highest BCUT2D eigenvalue weighted by Gasteiger charge is 2.18. The molecule has 6 heteroatoms.